The van der Waals surface area contributed by atoms with E-state index in [9.17, 15) is 14.9 Å². The van der Waals surface area contributed by atoms with Crippen LogP contribution in [0.3, 0.4) is 0 Å². The number of nitrogens with one attached hydrogen (secondary N) is 2. The van der Waals surface area contributed by atoms with E-state index >= 15 is 0 Å². The van der Waals surface area contributed by atoms with E-state index < -0.39 is 11.0 Å². The van der Waals surface area contributed by atoms with Gasteiger partial charge in [-0.2, -0.15) is 0 Å². The molecule has 0 aliphatic rings. The third kappa shape index (κ3) is 5.18. The Labute approximate surface area is 163 Å². The number of hydrogen-bond acceptors (Lipinski definition) is 5. The molecule has 1 unspecified atom stereocenters. The largest absolute Gasteiger partial charge is 0.467 e. The van der Waals surface area contributed by atoms with Crippen molar-refractivity contribution in [2.24, 2.45) is 0 Å². The number of carbonyl (C=O) groups excluding carboxylic acids is 1. The quantitative estimate of drug-likeness (QED) is 0.400. The normalized spacial score (nSPS) is 11.6. The van der Waals surface area contributed by atoms with Crippen LogP contribution in [0, 0.1) is 10.1 Å². The molecular formula is C19H16BrN3O4. The van der Waals surface area contributed by atoms with Crippen LogP contribution in [0.1, 0.15) is 18.2 Å². The number of carbonyl (C=O) groups is 1. The van der Waals surface area contributed by atoms with Gasteiger partial charge in [0.15, 0.2) is 0 Å². The molecule has 0 saturated heterocycles. The summed E-state index contributed by atoms with van der Waals surface area (Å²) in [6.07, 6.45) is 1.66. The number of nitrogens with zero attached hydrogens (tertiary/aromatic N) is 1. The first-order chi connectivity index (χ1) is 13.0. The molecule has 2 aromatic carbocycles. The molecule has 0 saturated carbocycles. The van der Waals surface area contributed by atoms with Gasteiger partial charge in [-0.1, -0.05) is 15.9 Å². The molecule has 1 amide bonds. The summed E-state index contributed by atoms with van der Waals surface area (Å²) in [4.78, 5) is 22.8. The number of rotatable bonds is 7. The maximum absolute atomic E-state index is 12.4. The number of amides is 1. The average molecular weight is 430 g/mol. The second-order valence-electron chi connectivity index (χ2n) is 5.78. The molecule has 0 aliphatic heterocycles. The molecule has 1 aromatic heterocycles. The second kappa shape index (κ2) is 8.50. The second-order valence-corrected chi connectivity index (χ2v) is 6.69. The molecule has 3 rings (SSSR count). The number of nitro benzene ring substituents is 1. The zero-order valence-corrected chi connectivity index (χ0v) is 15.7. The molecule has 0 aliphatic carbocycles. The number of furan rings is 1. The first-order valence-corrected chi connectivity index (χ1v) is 8.90. The molecule has 0 spiro atoms. The molecule has 3 aromatic rings. The Kier molecular flexibility index (Phi) is 5.87. The van der Waals surface area contributed by atoms with E-state index in [1.807, 2.05) is 12.1 Å². The van der Waals surface area contributed by atoms with E-state index in [0.29, 0.717) is 17.1 Å². The molecule has 1 heterocycles. The number of nitro groups is 1. The Morgan fingerprint density at radius 3 is 2.33 bits per heavy atom. The van der Waals surface area contributed by atoms with Crippen LogP contribution in [0.4, 0.5) is 17.1 Å². The van der Waals surface area contributed by atoms with Crippen molar-refractivity contribution in [3.05, 3.63) is 87.3 Å². The van der Waals surface area contributed by atoms with E-state index in [1.165, 1.54) is 18.4 Å². The summed E-state index contributed by atoms with van der Waals surface area (Å²) in [5.74, 6) is 0.410. The lowest BCUT2D eigenvalue weighted by molar-refractivity contribution is -0.384. The highest BCUT2D eigenvalue weighted by atomic mass is 79.9. The Hall–Kier alpha value is -3.13. The maximum atomic E-state index is 12.4. The van der Waals surface area contributed by atoms with Crippen LogP contribution in [-0.2, 0) is 4.79 Å². The highest BCUT2D eigenvalue weighted by Gasteiger charge is 2.19. The van der Waals surface area contributed by atoms with Crippen LogP contribution in [0.25, 0.3) is 0 Å². The zero-order chi connectivity index (χ0) is 19.2. The third-order valence-electron chi connectivity index (χ3n) is 3.82. The summed E-state index contributed by atoms with van der Waals surface area (Å²) in [5, 5.41) is 16.8. The zero-order valence-electron chi connectivity index (χ0n) is 14.1. The van der Waals surface area contributed by atoms with Gasteiger partial charge >= 0.3 is 0 Å². The highest BCUT2D eigenvalue weighted by Crippen LogP contribution is 2.25. The topological polar surface area (TPSA) is 97.4 Å². The molecule has 138 valence electrons. The van der Waals surface area contributed by atoms with Crippen LogP contribution < -0.4 is 10.6 Å². The summed E-state index contributed by atoms with van der Waals surface area (Å²) < 4.78 is 6.36. The number of benzene rings is 2. The first-order valence-electron chi connectivity index (χ1n) is 8.11. The van der Waals surface area contributed by atoms with Crippen LogP contribution in [0.15, 0.2) is 75.8 Å². The highest BCUT2D eigenvalue weighted by molar-refractivity contribution is 9.10. The van der Waals surface area contributed by atoms with E-state index in [1.54, 1.807) is 36.4 Å². The van der Waals surface area contributed by atoms with Crippen molar-refractivity contribution >= 4 is 38.9 Å². The van der Waals surface area contributed by atoms with Crippen molar-refractivity contribution in [1.82, 2.24) is 0 Å². The van der Waals surface area contributed by atoms with Gasteiger partial charge in [-0.05, 0) is 48.5 Å². The smallest absolute Gasteiger partial charge is 0.269 e. The minimum atomic E-state index is -0.459. The van der Waals surface area contributed by atoms with E-state index in [2.05, 4.69) is 26.6 Å². The van der Waals surface area contributed by atoms with Crippen LogP contribution in [0.5, 0.6) is 0 Å². The van der Waals surface area contributed by atoms with Gasteiger partial charge in [0.25, 0.3) is 5.69 Å². The van der Waals surface area contributed by atoms with Gasteiger partial charge in [-0.15, -0.1) is 0 Å². The molecule has 2 N–H and O–H groups in total. The first kappa shape index (κ1) is 18.7. The van der Waals surface area contributed by atoms with Crippen LogP contribution in [0.2, 0.25) is 0 Å². The minimum absolute atomic E-state index is 0.00285. The van der Waals surface area contributed by atoms with Crippen molar-refractivity contribution in [2.75, 3.05) is 10.6 Å². The number of hydrogen-bond donors (Lipinski definition) is 2. The van der Waals surface area contributed by atoms with Gasteiger partial charge < -0.3 is 15.1 Å². The van der Waals surface area contributed by atoms with Crippen molar-refractivity contribution in [3.8, 4) is 0 Å². The maximum Gasteiger partial charge on any atom is 0.269 e. The van der Waals surface area contributed by atoms with Gasteiger partial charge in [-0.3, -0.25) is 14.9 Å². The van der Waals surface area contributed by atoms with Crippen molar-refractivity contribution in [1.29, 1.82) is 0 Å². The Morgan fingerprint density at radius 1 is 1.07 bits per heavy atom. The third-order valence-corrected chi connectivity index (χ3v) is 4.35. The molecule has 7 nitrogen and oxygen atoms in total. The standard InChI is InChI=1S/C19H16BrN3O4/c20-13-3-5-15(6-4-13)22-19(24)12-17(18-2-1-11-27-18)21-14-7-9-16(10-8-14)23(25)26/h1-11,17,21H,12H2,(H,22,24). The fraction of sp³-hybridized carbons (Fsp3) is 0.105. The molecule has 0 radical (unpaired) electrons. The van der Waals surface area contributed by atoms with Crippen molar-refractivity contribution < 1.29 is 14.1 Å². The Balaban J connectivity index is 1.70. The van der Waals surface area contributed by atoms with Gasteiger partial charge in [0, 0.05) is 28.0 Å². The van der Waals surface area contributed by atoms with E-state index in [0.717, 1.165) is 4.47 Å². The fourth-order valence-corrected chi connectivity index (χ4v) is 2.79. The Bertz CT molecular complexity index is 909. The predicted octanol–water partition coefficient (Wildman–Crippen LogP) is 5.13. The summed E-state index contributed by atoms with van der Waals surface area (Å²) in [6.45, 7) is 0. The SMILES string of the molecule is O=C(CC(Nc1ccc([N+](=O)[O-])cc1)c1ccco1)Nc1ccc(Br)cc1. The minimum Gasteiger partial charge on any atom is -0.467 e. The molecule has 0 bridgehead atoms. The molecular weight excluding hydrogens is 414 g/mol. The van der Waals surface area contributed by atoms with Crippen molar-refractivity contribution in [2.45, 2.75) is 12.5 Å². The van der Waals surface area contributed by atoms with Crippen LogP contribution in [-0.4, -0.2) is 10.8 Å². The Morgan fingerprint density at radius 2 is 1.74 bits per heavy atom. The number of anilines is 2. The molecule has 0 fully saturated rings. The predicted molar refractivity (Wildman–Crippen MR) is 106 cm³/mol. The number of halogens is 1. The monoisotopic (exact) mass is 429 g/mol. The summed E-state index contributed by atoms with van der Waals surface area (Å²) in [6, 6.07) is 16.4. The van der Waals surface area contributed by atoms with E-state index in [-0.39, 0.29) is 18.0 Å². The van der Waals surface area contributed by atoms with E-state index in [4.69, 9.17) is 4.42 Å². The lowest BCUT2D eigenvalue weighted by atomic mass is 10.1. The number of non-ortho nitro benzene ring substituents is 1. The lowest BCUT2D eigenvalue weighted by Crippen LogP contribution is -2.20. The van der Waals surface area contributed by atoms with Gasteiger partial charge in [0.2, 0.25) is 5.91 Å². The summed E-state index contributed by atoms with van der Waals surface area (Å²) in [7, 11) is 0. The van der Waals surface area contributed by atoms with Crippen molar-refractivity contribution in [3.63, 3.8) is 0 Å². The summed E-state index contributed by atoms with van der Waals surface area (Å²) in [5.41, 5.74) is 1.35. The average Bonchev–Trinajstić information content (AvgIpc) is 3.18. The van der Waals surface area contributed by atoms with Gasteiger partial charge in [0.1, 0.15) is 5.76 Å². The lowest BCUT2D eigenvalue weighted by Gasteiger charge is -2.18. The van der Waals surface area contributed by atoms with Crippen LogP contribution >= 0.6 is 15.9 Å². The van der Waals surface area contributed by atoms with Gasteiger partial charge in [0.05, 0.1) is 23.6 Å². The molecule has 8 heteroatoms. The fourth-order valence-electron chi connectivity index (χ4n) is 2.52. The van der Waals surface area contributed by atoms with Gasteiger partial charge in [-0.25, -0.2) is 0 Å². The summed E-state index contributed by atoms with van der Waals surface area (Å²) >= 11 is 3.35. The molecule has 27 heavy (non-hydrogen) atoms. The molecule has 1 atom stereocenters.